The summed E-state index contributed by atoms with van der Waals surface area (Å²) in [5.74, 6) is -0.382. The summed E-state index contributed by atoms with van der Waals surface area (Å²) in [6.45, 7) is 1.99. The van der Waals surface area contributed by atoms with E-state index < -0.39 is 5.97 Å². The molecule has 1 aromatic carbocycles. The summed E-state index contributed by atoms with van der Waals surface area (Å²) in [5.41, 5.74) is 0. The molecule has 1 unspecified atom stereocenters. The van der Waals surface area contributed by atoms with Crippen LogP contribution in [0.3, 0.4) is 0 Å². The van der Waals surface area contributed by atoms with Crippen LogP contribution in [0.4, 0.5) is 0 Å². The van der Waals surface area contributed by atoms with E-state index in [0.29, 0.717) is 26.1 Å². The van der Waals surface area contributed by atoms with Gasteiger partial charge in [0.15, 0.2) is 0 Å². The fourth-order valence-electron chi connectivity index (χ4n) is 2.54. The van der Waals surface area contributed by atoms with Crippen molar-refractivity contribution in [3.05, 3.63) is 30.3 Å². The smallest absolute Gasteiger partial charge is 0.304 e. The van der Waals surface area contributed by atoms with Crippen LogP contribution in [0.15, 0.2) is 30.3 Å². The van der Waals surface area contributed by atoms with E-state index in [4.69, 9.17) is 9.84 Å². The van der Waals surface area contributed by atoms with Gasteiger partial charge in [0.1, 0.15) is 5.75 Å². The molecular formula is C16H21NO4. The maximum absolute atomic E-state index is 12.0. The lowest BCUT2D eigenvalue weighted by Gasteiger charge is -2.16. The van der Waals surface area contributed by atoms with Crippen LogP contribution < -0.4 is 4.74 Å². The number of unbranched alkanes of at least 4 members (excludes halogenated alkanes) is 1. The molecule has 1 aliphatic heterocycles. The lowest BCUT2D eigenvalue weighted by Crippen LogP contribution is -2.29. The number of para-hydroxylation sites is 1. The summed E-state index contributed by atoms with van der Waals surface area (Å²) in [6, 6.07) is 9.64. The second kappa shape index (κ2) is 7.67. The predicted octanol–water partition coefficient (Wildman–Crippen LogP) is 2.17. The first-order chi connectivity index (χ1) is 10.2. The molecule has 0 aliphatic carbocycles. The summed E-state index contributed by atoms with van der Waals surface area (Å²) in [5, 5.41) is 8.74. The van der Waals surface area contributed by atoms with Crippen LogP contribution in [0, 0.1) is 5.92 Å². The Balaban J connectivity index is 1.61. The molecule has 0 saturated carbocycles. The molecule has 21 heavy (non-hydrogen) atoms. The monoisotopic (exact) mass is 291 g/mol. The van der Waals surface area contributed by atoms with E-state index in [9.17, 15) is 9.59 Å². The van der Waals surface area contributed by atoms with E-state index in [-0.39, 0.29) is 18.2 Å². The highest BCUT2D eigenvalue weighted by molar-refractivity contribution is 5.84. The highest BCUT2D eigenvalue weighted by Gasteiger charge is 2.32. The van der Waals surface area contributed by atoms with Crippen molar-refractivity contribution in [3.8, 4) is 5.75 Å². The Morgan fingerprint density at radius 3 is 2.76 bits per heavy atom. The number of ether oxygens (including phenoxy) is 1. The first kappa shape index (κ1) is 15.4. The third kappa shape index (κ3) is 4.77. The molecule has 1 aliphatic rings. The fraction of sp³-hybridized carbons (Fsp3) is 0.500. The van der Waals surface area contributed by atoms with Gasteiger partial charge in [-0.1, -0.05) is 18.2 Å². The zero-order valence-corrected chi connectivity index (χ0v) is 12.0. The third-order valence-corrected chi connectivity index (χ3v) is 3.66. The molecule has 0 spiro atoms. The van der Waals surface area contributed by atoms with Crippen LogP contribution in [0.5, 0.6) is 5.75 Å². The summed E-state index contributed by atoms with van der Waals surface area (Å²) in [6.07, 6.45) is 2.36. The number of carboxylic acids is 1. The average Bonchev–Trinajstić information content (AvgIpc) is 2.80. The minimum Gasteiger partial charge on any atom is -0.494 e. The van der Waals surface area contributed by atoms with Gasteiger partial charge in [0.05, 0.1) is 18.9 Å². The molecule has 1 heterocycles. The van der Waals surface area contributed by atoms with Crippen LogP contribution in [0.25, 0.3) is 0 Å². The van der Waals surface area contributed by atoms with E-state index in [1.54, 1.807) is 4.90 Å². The number of carbonyl (C=O) groups is 2. The highest BCUT2D eigenvalue weighted by atomic mass is 16.5. The van der Waals surface area contributed by atoms with Gasteiger partial charge in [-0.2, -0.15) is 0 Å². The molecule has 2 rings (SSSR count). The summed E-state index contributed by atoms with van der Waals surface area (Å²) < 4.78 is 5.59. The molecule has 0 bridgehead atoms. The van der Waals surface area contributed by atoms with E-state index in [2.05, 4.69) is 0 Å². The van der Waals surface area contributed by atoms with Gasteiger partial charge in [0, 0.05) is 13.1 Å². The van der Waals surface area contributed by atoms with Crippen LogP contribution in [0.2, 0.25) is 0 Å². The maximum atomic E-state index is 12.0. The number of aliphatic carboxylic acids is 1. The molecule has 5 heteroatoms. The number of hydrogen-bond donors (Lipinski definition) is 1. The second-order valence-corrected chi connectivity index (χ2v) is 5.28. The summed E-state index contributed by atoms with van der Waals surface area (Å²) in [4.78, 5) is 24.4. The third-order valence-electron chi connectivity index (χ3n) is 3.66. The summed E-state index contributed by atoms with van der Waals surface area (Å²) in [7, 11) is 0. The Morgan fingerprint density at radius 2 is 2.05 bits per heavy atom. The van der Waals surface area contributed by atoms with Crippen molar-refractivity contribution in [1.29, 1.82) is 0 Å². The number of carboxylic acid groups (broad SMARTS) is 1. The number of likely N-dealkylation sites (tertiary alicyclic amines) is 1. The van der Waals surface area contributed by atoms with Gasteiger partial charge in [-0.15, -0.1) is 0 Å². The normalized spacial score (nSPS) is 18.0. The van der Waals surface area contributed by atoms with Gasteiger partial charge in [0.25, 0.3) is 0 Å². The van der Waals surface area contributed by atoms with Gasteiger partial charge >= 0.3 is 5.97 Å². The minimum atomic E-state index is -0.897. The average molecular weight is 291 g/mol. The van der Waals surface area contributed by atoms with Crippen LogP contribution in [0.1, 0.15) is 25.7 Å². The van der Waals surface area contributed by atoms with Gasteiger partial charge in [-0.25, -0.2) is 0 Å². The van der Waals surface area contributed by atoms with Gasteiger partial charge in [-0.05, 0) is 31.4 Å². The van der Waals surface area contributed by atoms with Crippen molar-refractivity contribution >= 4 is 11.9 Å². The van der Waals surface area contributed by atoms with Crippen molar-refractivity contribution in [1.82, 2.24) is 4.90 Å². The molecule has 1 fully saturated rings. The van der Waals surface area contributed by atoms with Crippen LogP contribution in [-0.2, 0) is 9.59 Å². The Kier molecular flexibility index (Phi) is 5.60. The number of amides is 1. The van der Waals surface area contributed by atoms with Crippen molar-refractivity contribution in [2.45, 2.75) is 25.7 Å². The molecule has 0 aromatic heterocycles. The fourth-order valence-corrected chi connectivity index (χ4v) is 2.54. The Morgan fingerprint density at radius 1 is 1.29 bits per heavy atom. The van der Waals surface area contributed by atoms with Gasteiger partial charge < -0.3 is 14.7 Å². The molecule has 1 amide bonds. The first-order valence-electron chi connectivity index (χ1n) is 7.35. The Hall–Kier alpha value is -2.04. The summed E-state index contributed by atoms with van der Waals surface area (Å²) >= 11 is 0. The highest BCUT2D eigenvalue weighted by Crippen LogP contribution is 2.21. The number of hydrogen-bond acceptors (Lipinski definition) is 3. The quantitative estimate of drug-likeness (QED) is 0.745. The minimum absolute atomic E-state index is 0.0126. The Bertz CT molecular complexity index is 474. The topological polar surface area (TPSA) is 66.8 Å². The number of nitrogens with zero attached hydrogens (tertiary/aromatic N) is 1. The van der Waals surface area contributed by atoms with Crippen LogP contribution >= 0.6 is 0 Å². The predicted molar refractivity (Wildman–Crippen MR) is 78.1 cm³/mol. The molecular weight excluding hydrogens is 270 g/mol. The van der Waals surface area contributed by atoms with Crippen LogP contribution in [-0.4, -0.2) is 41.6 Å². The molecule has 0 radical (unpaired) electrons. The Labute approximate surface area is 124 Å². The molecule has 5 nitrogen and oxygen atoms in total. The lowest BCUT2D eigenvalue weighted by atomic mass is 10.0. The molecule has 1 N–H and O–H groups in total. The molecule has 114 valence electrons. The van der Waals surface area contributed by atoms with Gasteiger partial charge in [0.2, 0.25) is 5.91 Å². The number of rotatable bonds is 8. The van der Waals surface area contributed by atoms with E-state index in [1.165, 1.54) is 0 Å². The van der Waals surface area contributed by atoms with Crippen molar-refractivity contribution in [2.24, 2.45) is 5.92 Å². The number of carbonyl (C=O) groups excluding carboxylic acids is 1. The van der Waals surface area contributed by atoms with Crippen molar-refractivity contribution < 1.29 is 19.4 Å². The number of benzene rings is 1. The lowest BCUT2D eigenvalue weighted by molar-refractivity contribution is -0.142. The van der Waals surface area contributed by atoms with E-state index >= 15 is 0 Å². The zero-order valence-electron chi connectivity index (χ0n) is 12.0. The largest absolute Gasteiger partial charge is 0.494 e. The van der Waals surface area contributed by atoms with Gasteiger partial charge in [-0.3, -0.25) is 9.59 Å². The van der Waals surface area contributed by atoms with Crippen molar-refractivity contribution in [2.75, 3.05) is 19.7 Å². The first-order valence-corrected chi connectivity index (χ1v) is 7.35. The standard InChI is InChI=1S/C16H21NO4/c18-15(19)12-13-8-10-17(16(13)20)9-4-5-11-21-14-6-2-1-3-7-14/h1-3,6-7,13H,4-5,8-12H2,(H,18,19). The SMILES string of the molecule is O=C(O)CC1CCN(CCCCOc2ccccc2)C1=O. The molecule has 1 saturated heterocycles. The van der Waals surface area contributed by atoms with Crippen molar-refractivity contribution in [3.63, 3.8) is 0 Å². The van der Waals surface area contributed by atoms with E-state index in [1.807, 2.05) is 30.3 Å². The zero-order chi connectivity index (χ0) is 15.1. The molecule has 1 aromatic rings. The maximum Gasteiger partial charge on any atom is 0.304 e. The molecule has 1 atom stereocenters. The van der Waals surface area contributed by atoms with E-state index in [0.717, 1.165) is 18.6 Å². The second-order valence-electron chi connectivity index (χ2n) is 5.28.